The van der Waals surface area contributed by atoms with Crippen LogP contribution < -0.4 is 0 Å². The summed E-state index contributed by atoms with van der Waals surface area (Å²) >= 11 is 11.9. The monoisotopic (exact) mass is 354 g/mol. The Morgan fingerprint density at radius 1 is 1.09 bits per heavy atom. The Kier molecular flexibility index (Phi) is 4.95. The third kappa shape index (κ3) is 3.39. The lowest BCUT2D eigenvalue weighted by molar-refractivity contribution is -0.142. The van der Waals surface area contributed by atoms with Gasteiger partial charge in [-0.3, -0.25) is 19.4 Å². The normalized spacial score (nSPS) is 24.4. The van der Waals surface area contributed by atoms with Crippen molar-refractivity contribution >= 4 is 35.0 Å². The largest absolute Gasteiger partial charge is 0.284 e. The Morgan fingerprint density at radius 3 is 2.26 bits per heavy atom. The summed E-state index contributed by atoms with van der Waals surface area (Å²) in [5.74, 6) is -0.175. The van der Waals surface area contributed by atoms with Crippen LogP contribution in [0, 0.1) is 11.8 Å². The summed E-state index contributed by atoms with van der Waals surface area (Å²) in [6, 6.07) is 5.47. The van der Waals surface area contributed by atoms with Crippen molar-refractivity contribution in [3.05, 3.63) is 33.8 Å². The van der Waals surface area contributed by atoms with Crippen LogP contribution in [0.4, 0.5) is 0 Å². The second kappa shape index (κ2) is 6.80. The summed E-state index contributed by atoms with van der Waals surface area (Å²) in [6.07, 6.45) is 3.80. The second-order valence-corrected chi connectivity index (χ2v) is 7.32. The average molecular weight is 355 g/mol. The van der Waals surface area contributed by atoms with Crippen LogP contribution >= 0.6 is 23.2 Å². The van der Waals surface area contributed by atoms with E-state index in [0.717, 1.165) is 31.2 Å². The summed E-state index contributed by atoms with van der Waals surface area (Å²) in [5.41, 5.74) is 0.999. The highest BCUT2D eigenvalue weighted by Crippen LogP contribution is 2.38. The van der Waals surface area contributed by atoms with Gasteiger partial charge in [0.25, 0.3) is 0 Å². The number of rotatable bonds is 4. The lowest BCUT2D eigenvalue weighted by Crippen LogP contribution is -2.40. The standard InChI is InChI=1S/C17H20Cl2N2O2/c1-20(9-11-6-7-14(18)15(19)8-11)10-21-16(22)12-4-2-3-5-13(12)17(21)23/h6-8,12-13H,2-5,9-10H2,1H3/t12-,13+. The SMILES string of the molecule is CN(Cc1ccc(Cl)c(Cl)c1)CN1C(=O)[C@H]2CCCC[C@H]2C1=O. The van der Waals surface area contributed by atoms with Gasteiger partial charge >= 0.3 is 0 Å². The number of carbonyl (C=O) groups excluding carboxylic acids is 2. The summed E-state index contributed by atoms with van der Waals surface area (Å²) < 4.78 is 0. The van der Waals surface area contributed by atoms with Crippen molar-refractivity contribution in [1.82, 2.24) is 9.80 Å². The lowest BCUT2D eigenvalue weighted by Gasteiger charge is -2.23. The van der Waals surface area contributed by atoms with Crippen molar-refractivity contribution in [1.29, 1.82) is 0 Å². The molecule has 1 aliphatic heterocycles. The van der Waals surface area contributed by atoms with E-state index in [0.29, 0.717) is 23.3 Å². The number of benzene rings is 1. The molecule has 4 nitrogen and oxygen atoms in total. The highest BCUT2D eigenvalue weighted by molar-refractivity contribution is 6.42. The first-order valence-electron chi connectivity index (χ1n) is 7.95. The molecule has 1 aliphatic carbocycles. The first kappa shape index (κ1) is 16.7. The van der Waals surface area contributed by atoms with E-state index in [1.807, 2.05) is 24.1 Å². The molecule has 2 aliphatic rings. The molecule has 1 aromatic carbocycles. The molecule has 0 spiro atoms. The van der Waals surface area contributed by atoms with Gasteiger partial charge in [-0.25, -0.2) is 0 Å². The summed E-state index contributed by atoms with van der Waals surface area (Å²) in [7, 11) is 1.89. The minimum Gasteiger partial charge on any atom is -0.284 e. The number of nitrogens with zero attached hydrogens (tertiary/aromatic N) is 2. The van der Waals surface area contributed by atoms with E-state index < -0.39 is 0 Å². The van der Waals surface area contributed by atoms with Crippen LogP contribution in [-0.2, 0) is 16.1 Å². The molecule has 0 unspecified atom stereocenters. The van der Waals surface area contributed by atoms with E-state index in [1.165, 1.54) is 4.90 Å². The van der Waals surface area contributed by atoms with Crippen LogP contribution in [0.2, 0.25) is 10.0 Å². The van der Waals surface area contributed by atoms with Crippen molar-refractivity contribution in [2.75, 3.05) is 13.7 Å². The molecule has 1 saturated carbocycles. The molecule has 1 heterocycles. The van der Waals surface area contributed by atoms with Crippen LogP contribution in [0.15, 0.2) is 18.2 Å². The van der Waals surface area contributed by atoms with E-state index in [9.17, 15) is 9.59 Å². The predicted molar refractivity (Wildman–Crippen MR) is 90.1 cm³/mol. The van der Waals surface area contributed by atoms with Crippen molar-refractivity contribution in [3.8, 4) is 0 Å². The van der Waals surface area contributed by atoms with Gasteiger partial charge in [-0.1, -0.05) is 42.1 Å². The Morgan fingerprint density at radius 2 is 1.70 bits per heavy atom. The molecule has 6 heteroatoms. The van der Waals surface area contributed by atoms with Gasteiger partial charge < -0.3 is 0 Å². The molecule has 0 radical (unpaired) electrons. The molecular formula is C17H20Cl2N2O2. The summed E-state index contributed by atoms with van der Waals surface area (Å²) in [4.78, 5) is 28.3. The number of hydrogen-bond acceptors (Lipinski definition) is 3. The van der Waals surface area contributed by atoms with E-state index in [4.69, 9.17) is 23.2 Å². The minimum absolute atomic E-state index is 0.000638. The lowest BCUT2D eigenvalue weighted by atomic mass is 9.81. The van der Waals surface area contributed by atoms with Crippen LogP contribution in [0.3, 0.4) is 0 Å². The summed E-state index contributed by atoms with van der Waals surface area (Å²) in [5, 5.41) is 1.03. The maximum absolute atomic E-state index is 12.5. The third-order valence-electron chi connectivity index (χ3n) is 4.75. The Balaban J connectivity index is 1.65. The fraction of sp³-hybridized carbons (Fsp3) is 0.529. The molecule has 1 aromatic rings. The molecule has 2 fully saturated rings. The summed E-state index contributed by atoms with van der Waals surface area (Å²) in [6.45, 7) is 0.925. The Bertz CT molecular complexity index is 611. The van der Waals surface area contributed by atoms with Crippen molar-refractivity contribution < 1.29 is 9.59 Å². The fourth-order valence-electron chi connectivity index (χ4n) is 3.61. The fourth-order valence-corrected chi connectivity index (χ4v) is 3.93. The topological polar surface area (TPSA) is 40.6 Å². The van der Waals surface area contributed by atoms with Crippen molar-refractivity contribution in [2.24, 2.45) is 11.8 Å². The first-order chi connectivity index (χ1) is 11.0. The van der Waals surface area contributed by atoms with Gasteiger partial charge in [0, 0.05) is 6.54 Å². The number of likely N-dealkylation sites (tertiary alicyclic amines) is 1. The van der Waals surface area contributed by atoms with Crippen LogP contribution in [0.5, 0.6) is 0 Å². The van der Waals surface area contributed by atoms with Crippen LogP contribution in [0.1, 0.15) is 31.2 Å². The average Bonchev–Trinajstić information content (AvgIpc) is 2.76. The molecule has 0 N–H and O–H groups in total. The highest BCUT2D eigenvalue weighted by Gasteiger charge is 2.48. The maximum Gasteiger partial charge on any atom is 0.234 e. The maximum atomic E-state index is 12.5. The number of imide groups is 1. The molecule has 0 bridgehead atoms. The van der Waals surface area contributed by atoms with E-state index in [1.54, 1.807) is 6.07 Å². The van der Waals surface area contributed by atoms with Gasteiger partial charge in [0.1, 0.15) is 0 Å². The van der Waals surface area contributed by atoms with Crippen LogP contribution in [0.25, 0.3) is 0 Å². The van der Waals surface area contributed by atoms with Gasteiger partial charge in [-0.15, -0.1) is 0 Å². The number of hydrogen-bond donors (Lipinski definition) is 0. The zero-order chi connectivity index (χ0) is 16.6. The smallest absolute Gasteiger partial charge is 0.234 e. The van der Waals surface area contributed by atoms with Gasteiger partial charge in [0.15, 0.2) is 0 Å². The van der Waals surface area contributed by atoms with Crippen molar-refractivity contribution in [3.63, 3.8) is 0 Å². The highest BCUT2D eigenvalue weighted by atomic mass is 35.5. The molecule has 3 rings (SSSR count). The molecule has 2 amide bonds. The molecular weight excluding hydrogens is 335 g/mol. The number of fused-ring (bicyclic) bond motifs is 1. The van der Waals surface area contributed by atoms with E-state index >= 15 is 0 Å². The number of halogens is 2. The third-order valence-corrected chi connectivity index (χ3v) is 5.49. The van der Waals surface area contributed by atoms with Gasteiger partial charge in [0.05, 0.1) is 28.5 Å². The van der Waals surface area contributed by atoms with Crippen LogP contribution in [-0.4, -0.2) is 35.3 Å². The zero-order valence-electron chi connectivity index (χ0n) is 13.1. The van der Waals surface area contributed by atoms with Gasteiger partial charge in [-0.2, -0.15) is 0 Å². The zero-order valence-corrected chi connectivity index (χ0v) is 14.6. The first-order valence-corrected chi connectivity index (χ1v) is 8.70. The second-order valence-electron chi connectivity index (χ2n) is 6.51. The number of amides is 2. The molecule has 2 atom stereocenters. The minimum atomic E-state index is -0.0883. The quantitative estimate of drug-likeness (QED) is 0.776. The Hall–Kier alpha value is -1.10. The molecule has 23 heavy (non-hydrogen) atoms. The molecule has 1 saturated heterocycles. The van der Waals surface area contributed by atoms with E-state index in [-0.39, 0.29) is 23.7 Å². The van der Waals surface area contributed by atoms with E-state index in [2.05, 4.69) is 0 Å². The van der Waals surface area contributed by atoms with Gasteiger partial charge in [0.2, 0.25) is 11.8 Å². The number of carbonyl (C=O) groups is 2. The van der Waals surface area contributed by atoms with Crippen molar-refractivity contribution in [2.45, 2.75) is 32.2 Å². The van der Waals surface area contributed by atoms with Gasteiger partial charge in [-0.05, 0) is 37.6 Å². The Labute approximate surface area is 146 Å². The molecule has 0 aromatic heterocycles. The molecule has 124 valence electrons. The predicted octanol–water partition coefficient (Wildman–Crippen LogP) is 3.56.